The number of carbonyl (C=O) groups is 3. The number of rotatable bonds is 6. The Morgan fingerprint density at radius 2 is 1.57 bits per heavy atom. The molecule has 1 aromatic heterocycles. The second-order valence-corrected chi connectivity index (χ2v) is 6.61. The lowest BCUT2D eigenvalue weighted by molar-refractivity contribution is -0.146. The van der Waals surface area contributed by atoms with E-state index in [9.17, 15) is 40.7 Å². The number of thiophene rings is 1. The molecule has 0 aliphatic heterocycles. The van der Waals surface area contributed by atoms with E-state index in [0.717, 1.165) is 11.3 Å². The Labute approximate surface area is 168 Å². The lowest BCUT2D eigenvalue weighted by atomic mass is 10.1. The van der Waals surface area contributed by atoms with Crippen molar-refractivity contribution in [3.05, 3.63) is 51.7 Å². The molecule has 30 heavy (non-hydrogen) atoms. The molecule has 2 amide bonds. The summed E-state index contributed by atoms with van der Waals surface area (Å²) in [5, 5.41) is 5.66. The average Bonchev–Trinajstić information content (AvgIpc) is 3.17. The number of halogens is 6. The molecule has 1 aromatic carbocycles. The summed E-state index contributed by atoms with van der Waals surface area (Å²) in [6, 6.07) is 3.65. The smallest absolute Gasteiger partial charge is 0.416 e. The predicted molar refractivity (Wildman–Crippen MR) is 92.7 cm³/mol. The van der Waals surface area contributed by atoms with Gasteiger partial charge < -0.3 is 15.4 Å². The Bertz CT molecular complexity index is 893. The second-order valence-electron chi connectivity index (χ2n) is 5.66. The van der Waals surface area contributed by atoms with Crippen molar-refractivity contribution in [3.63, 3.8) is 0 Å². The number of esters is 1. The van der Waals surface area contributed by atoms with Gasteiger partial charge in [-0.3, -0.25) is 14.4 Å². The van der Waals surface area contributed by atoms with Crippen molar-refractivity contribution >= 4 is 34.8 Å². The third-order valence-electron chi connectivity index (χ3n) is 3.37. The van der Waals surface area contributed by atoms with E-state index in [4.69, 9.17) is 0 Å². The summed E-state index contributed by atoms with van der Waals surface area (Å²) in [5.74, 6) is -2.76. The minimum absolute atomic E-state index is 0.0913. The summed E-state index contributed by atoms with van der Waals surface area (Å²) in [6.07, 6.45) is -10.2. The van der Waals surface area contributed by atoms with Crippen LogP contribution >= 0.6 is 11.3 Å². The van der Waals surface area contributed by atoms with Crippen LogP contribution in [0.4, 0.5) is 32.0 Å². The van der Waals surface area contributed by atoms with Crippen LogP contribution in [0.15, 0.2) is 35.7 Å². The van der Waals surface area contributed by atoms with Crippen LogP contribution in [0.3, 0.4) is 0 Å². The molecule has 2 aromatic rings. The van der Waals surface area contributed by atoms with E-state index >= 15 is 0 Å². The first-order chi connectivity index (χ1) is 13.9. The Morgan fingerprint density at radius 3 is 2.07 bits per heavy atom. The minimum atomic E-state index is -5.08. The molecule has 0 unspecified atom stereocenters. The number of nitrogens with one attached hydrogen (secondary N) is 2. The van der Waals surface area contributed by atoms with Crippen molar-refractivity contribution < 1.29 is 45.5 Å². The Kier molecular flexibility index (Phi) is 7.08. The van der Waals surface area contributed by atoms with E-state index in [1.165, 1.54) is 6.07 Å². The Hall–Kier alpha value is -3.09. The molecule has 0 aliphatic carbocycles. The zero-order chi connectivity index (χ0) is 22.5. The van der Waals surface area contributed by atoms with E-state index in [1.54, 1.807) is 11.4 Å². The van der Waals surface area contributed by atoms with E-state index in [0.29, 0.717) is 17.0 Å². The fraction of sp³-hybridized carbons (Fsp3) is 0.235. The van der Waals surface area contributed by atoms with Gasteiger partial charge in [-0.15, -0.1) is 11.3 Å². The van der Waals surface area contributed by atoms with Crippen molar-refractivity contribution in [3.8, 4) is 0 Å². The van der Waals surface area contributed by atoms with Gasteiger partial charge in [-0.1, -0.05) is 6.07 Å². The van der Waals surface area contributed by atoms with E-state index in [2.05, 4.69) is 10.1 Å². The first-order valence-corrected chi connectivity index (χ1v) is 8.81. The molecule has 6 nitrogen and oxygen atoms in total. The zero-order valence-electron chi connectivity index (χ0n) is 14.7. The van der Waals surface area contributed by atoms with Gasteiger partial charge in [0.1, 0.15) is 6.54 Å². The standard InChI is InChI=1S/C17H12F6N2O4S/c18-16(19,20)9-4-10(17(21,22)23)6-11(5-9)25-13(26)8-29-14(27)7-24-15(28)12-2-1-3-30-12/h1-6H,7-8H2,(H,24,28)(H,25,26). The topological polar surface area (TPSA) is 84.5 Å². The maximum absolute atomic E-state index is 12.8. The van der Waals surface area contributed by atoms with E-state index in [-0.39, 0.29) is 6.07 Å². The SMILES string of the molecule is O=C(COC(=O)CNC(=O)c1cccs1)Nc1cc(C(F)(F)F)cc(C(F)(F)F)c1. The fourth-order valence-corrected chi connectivity index (χ4v) is 2.71. The Morgan fingerprint density at radius 1 is 0.967 bits per heavy atom. The normalized spacial score (nSPS) is 11.7. The number of alkyl halides is 6. The molecular formula is C17H12F6N2O4S. The largest absolute Gasteiger partial charge is 0.454 e. The number of ether oxygens (including phenoxy) is 1. The third kappa shape index (κ3) is 6.76. The highest BCUT2D eigenvalue weighted by atomic mass is 32.1. The van der Waals surface area contributed by atoms with Gasteiger partial charge in [0.05, 0.1) is 16.0 Å². The van der Waals surface area contributed by atoms with Crippen LogP contribution in [0.5, 0.6) is 0 Å². The molecular weight excluding hydrogens is 442 g/mol. The van der Waals surface area contributed by atoms with Gasteiger partial charge in [-0.25, -0.2) is 0 Å². The lowest BCUT2D eigenvalue weighted by Gasteiger charge is -2.14. The maximum atomic E-state index is 12.8. The van der Waals surface area contributed by atoms with Gasteiger partial charge in [0, 0.05) is 5.69 Å². The molecule has 0 atom stereocenters. The first-order valence-electron chi connectivity index (χ1n) is 7.93. The summed E-state index contributed by atoms with van der Waals surface area (Å²) in [4.78, 5) is 35.2. The summed E-state index contributed by atoms with van der Waals surface area (Å²) >= 11 is 1.12. The van der Waals surface area contributed by atoms with Gasteiger partial charge in [0.25, 0.3) is 11.8 Å². The van der Waals surface area contributed by atoms with Crippen LogP contribution in [0.25, 0.3) is 0 Å². The molecule has 2 N–H and O–H groups in total. The van der Waals surface area contributed by atoms with Crippen LogP contribution in [0.1, 0.15) is 20.8 Å². The van der Waals surface area contributed by atoms with Gasteiger partial charge in [0.2, 0.25) is 0 Å². The molecule has 0 saturated carbocycles. The van der Waals surface area contributed by atoms with Crippen molar-refractivity contribution in [1.82, 2.24) is 5.32 Å². The quantitative estimate of drug-likeness (QED) is 0.515. The van der Waals surface area contributed by atoms with Gasteiger partial charge >= 0.3 is 18.3 Å². The number of benzene rings is 1. The van der Waals surface area contributed by atoms with Crippen LogP contribution in [-0.2, 0) is 26.7 Å². The van der Waals surface area contributed by atoms with Crippen molar-refractivity contribution in [2.75, 3.05) is 18.5 Å². The molecule has 0 radical (unpaired) electrons. The molecule has 13 heteroatoms. The van der Waals surface area contributed by atoms with Gasteiger partial charge in [-0.05, 0) is 29.6 Å². The number of carbonyl (C=O) groups excluding carboxylic acids is 3. The molecule has 2 rings (SSSR count). The van der Waals surface area contributed by atoms with Gasteiger partial charge in [-0.2, -0.15) is 26.3 Å². The first kappa shape index (κ1) is 23.2. The van der Waals surface area contributed by atoms with Crippen molar-refractivity contribution in [1.29, 1.82) is 0 Å². The van der Waals surface area contributed by atoms with Crippen LogP contribution in [0, 0.1) is 0 Å². The van der Waals surface area contributed by atoms with E-state index in [1.807, 2.05) is 5.32 Å². The van der Waals surface area contributed by atoms with Crippen LogP contribution in [-0.4, -0.2) is 30.9 Å². The monoisotopic (exact) mass is 454 g/mol. The molecule has 0 fully saturated rings. The predicted octanol–water partition coefficient (Wildman–Crippen LogP) is 3.70. The highest BCUT2D eigenvalue weighted by molar-refractivity contribution is 7.12. The minimum Gasteiger partial charge on any atom is -0.454 e. The van der Waals surface area contributed by atoms with Crippen molar-refractivity contribution in [2.45, 2.75) is 12.4 Å². The molecule has 0 spiro atoms. The lowest BCUT2D eigenvalue weighted by Crippen LogP contribution is -2.31. The maximum Gasteiger partial charge on any atom is 0.416 e. The zero-order valence-corrected chi connectivity index (χ0v) is 15.5. The molecule has 0 bridgehead atoms. The highest BCUT2D eigenvalue weighted by Gasteiger charge is 2.37. The Balaban J connectivity index is 1.94. The second kappa shape index (κ2) is 9.15. The van der Waals surface area contributed by atoms with E-state index < -0.39 is 60.1 Å². The summed E-state index contributed by atoms with van der Waals surface area (Å²) in [5.41, 5.74) is -3.99. The average molecular weight is 454 g/mol. The van der Waals surface area contributed by atoms with Gasteiger partial charge in [0.15, 0.2) is 6.61 Å². The van der Waals surface area contributed by atoms with Crippen LogP contribution in [0.2, 0.25) is 0 Å². The number of hydrogen-bond acceptors (Lipinski definition) is 5. The molecule has 162 valence electrons. The number of anilines is 1. The summed E-state index contributed by atoms with van der Waals surface area (Å²) in [7, 11) is 0. The fourth-order valence-electron chi connectivity index (χ4n) is 2.07. The third-order valence-corrected chi connectivity index (χ3v) is 4.24. The highest BCUT2D eigenvalue weighted by Crippen LogP contribution is 2.37. The van der Waals surface area contributed by atoms with Crippen molar-refractivity contribution in [2.24, 2.45) is 0 Å². The number of hydrogen-bond donors (Lipinski definition) is 2. The summed E-state index contributed by atoms with van der Waals surface area (Å²) < 4.78 is 81.3. The number of amides is 2. The molecule has 0 aliphatic rings. The molecule has 1 heterocycles. The summed E-state index contributed by atoms with van der Waals surface area (Å²) in [6.45, 7) is -1.57. The molecule has 0 saturated heterocycles. The van der Waals surface area contributed by atoms with Crippen LogP contribution < -0.4 is 10.6 Å².